The van der Waals surface area contributed by atoms with Crippen LogP contribution in [0.5, 0.6) is 0 Å². The van der Waals surface area contributed by atoms with E-state index in [2.05, 4.69) is 228 Å². The number of para-hydroxylation sites is 2. The number of nitrogens with zero attached hydrogens (tertiary/aromatic N) is 2. The van der Waals surface area contributed by atoms with Crippen LogP contribution in [0.25, 0.3) is 71.6 Å². The van der Waals surface area contributed by atoms with E-state index in [9.17, 15) is 0 Å². The lowest BCUT2D eigenvalue weighted by atomic mass is 9.96. The maximum absolute atomic E-state index is 2.42. The van der Waals surface area contributed by atoms with Crippen LogP contribution < -0.4 is 4.90 Å². The standard InChI is InChI=1S/C52H36N2/c1-3-14-37(15-4-1)40-26-31-43(32-27-40)53(44-33-28-41(29-34-44)38-16-5-2-6-17-38)49-23-11-9-20-46(49)47-22-13-25-51-52(47)48-21-10-12-24-50(48)54(51)45-35-30-39-18-7-8-19-42(39)36-45/h1-36H. The molecule has 0 aliphatic carbocycles. The maximum Gasteiger partial charge on any atom is 0.0547 e. The summed E-state index contributed by atoms with van der Waals surface area (Å²) < 4.78 is 2.42. The molecule has 1 heterocycles. The Kier molecular flexibility index (Phi) is 7.85. The van der Waals surface area contributed by atoms with E-state index in [1.54, 1.807) is 0 Å². The zero-order valence-electron chi connectivity index (χ0n) is 29.7. The Bertz CT molecular complexity index is 2820. The molecular formula is C52H36N2. The van der Waals surface area contributed by atoms with E-state index >= 15 is 0 Å². The van der Waals surface area contributed by atoms with Gasteiger partial charge >= 0.3 is 0 Å². The summed E-state index contributed by atoms with van der Waals surface area (Å²) in [7, 11) is 0. The Morgan fingerprint density at radius 1 is 0.333 bits per heavy atom. The molecule has 0 aliphatic rings. The number of benzene rings is 9. The molecule has 0 atom stereocenters. The van der Waals surface area contributed by atoms with Crippen LogP contribution in [0, 0.1) is 0 Å². The average Bonchev–Trinajstić information content (AvgIpc) is 3.60. The quantitative estimate of drug-likeness (QED) is 0.162. The third kappa shape index (κ3) is 5.53. The third-order valence-electron chi connectivity index (χ3n) is 10.6. The van der Waals surface area contributed by atoms with Gasteiger partial charge in [0.2, 0.25) is 0 Å². The van der Waals surface area contributed by atoms with E-state index in [1.165, 1.54) is 66.0 Å². The largest absolute Gasteiger partial charge is 0.310 e. The van der Waals surface area contributed by atoms with Gasteiger partial charge < -0.3 is 9.47 Å². The van der Waals surface area contributed by atoms with Crippen LogP contribution in [-0.2, 0) is 0 Å². The molecule has 0 amide bonds. The highest BCUT2D eigenvalue weighted by molar-refractivity contribution is 6.17. The fourth-order valence-electron chi connectivity index (χ4n) is 8.03. The van der Waals surface area contributed by atoms with Crippen LogP contribution in [0.4, 0.5) is 17.1 Å². The second-order valence-corrected chi connectivity index (χ2v) is 13.8. The smallest absolute Gasteiger partial charge is 0.0547 e. The number of hydrogen-bond donors (Lipinski definition) is 0. The molecule has 10 aromatic rings. The normalized spacial score (nSPS) is 11.3. The minimum absolute atomic E-state index is 1.10. The predicted molar refractivity (Wildman–Crippen MR) is 229 cm³/mol. The van der Waals surface area contributed by atoms with Crippen LogP contribution in [0.3, 0.4) is 0 Å². The van der Waals surface area contributed by atoms with Gasteiger partial charge in [0.25, 0.3) is 0 Å². The second-order valence-electron chi connectivity index (χ2n) is 13.8. The van der Waals surface area contributed by atoms with Crippen molar-refractivity contribution in [2.45, 2.75) is 0 Å². The van der Waals surface area contributed by atoms with Gasteiger partial charge in [0, 0.05) is 33.4 Å². The molecule has 0 fully saturated rings. The van der Waals surface area contributed by atoms with Crippen LogP contribution in [-0.4, -0.2) is 4.57 Å². The molecule has 0 unspecified atom stereocenters. The molecule has 0 saturated heterocycles. The Morgan fingerprint density at radius 3 is 1.54 bits per heavy atom. The molecule has 0 radical (unpaired) electrons. The van der Waals surface area contributed by atoms with Gasteiger partial charge in [0.15, 0.2) is 0 Å². The Morgan fingerprint density at radius 2 is 0.852 bits per heavy atom. The number of hydrogen-bond acceptors (Lipinski definition) is 1. The van der Waals surface area contributed by atoms with Gasteiger partial charge in [0.05, 0.1) is 16.7 Å². The predicted octanol–water partition coefficient (Wildman–Crippen LogP) is 14.4. The highest BCUT2D eigenvalue weighted by Gasteiger charge is 2.21. The van der Waals surface area contributed by atoms with Crippen molar-refractivity contribution in [2.24, 2.45) is 0 Å². The summed E-state index contributed by atoms with van der Waals surface area (Å²) in [5, 5.41) is 4.95. The summed E-state index contributed by atoms with van der Waals surface area (Å²) >= 11 is 0. The molecule has 0 N–H and O–H groups in total. The second kappa shape index (κ2) is 13.4. The van der Waals surface area contributed by atoms with E-state index < -0.39 is 0 Å². The first-order chi connectivity index (χ1) is 26.8. The summed E-state index contributed by atoms with van der Waals surface area (Å²) in [5.74, 6) is 0. The van der Waals surface area contributed by atoms with Crippen LogP contribution in [0.15, 0.2) is 218 Å². The zero-order chi connectivity index (χ0) is 35.8. The summed E-state index contributed by atoms with van der Waals surface area (Å²) in [5.41, 5.74) is 14.0. The highest BCUT2D eigenvalue weighted by atomic mass is 15.1. The van der Waals surface area contributed by atoms with Crippen molar-refractivity contribution >= 4 is 49.6 Å². The van der Waals surface area contributed by atoms with Crippen molar-refractivity contribution in [3.05, 3.63) is 218 Å². The fraction of sp³-hybridized carbons (Fsp3) is 0. The minimum Gasteiger partial charge on any atom is -0.310 e. The fourth-order valence-corrected chi connectivity index (χ4v) is 8.03. The van der Waals surface area contributed by atoms with E-state index in [4.69, 9.17) is 0 Å². The number of rotatable bonds is 7. The van der Waals surface area contributed by atoms with Gasteiger partial charge in [0.1, 0.15) is 0 Å². The first kappa shape index (κ1) is 31.6. The molecule has 9 aromatic carbocycles. The van der Waals surface area contributed by atoms with Crippen LogP contribution >= 0.6 is 0 Å². The summed E-state index contributed by atoms with van der Waals surface area (Å²) in [6.45, 7) is 0. The van der Waals surface area contributed by atoms with Gasteiger partial charge in [-0.25, -0.2) is 0 Å². The molecule has 10 rings (SSSR count). The lowest BCUT2D eigenvalue weighted by Crippen LogP contribution is -2.11. The lowest BCUT2D eigenvalue weighted by molar-refractivity contribution is 1.19. The third-order valence-corrected chi connectivity index (χ3v) is 10.6. The molecule has 0 spiro atoms. The van der Waals surface area contributed by atoms with Crippen molar-refractivity contribution < 1.29 is 0 Å². The highest BCUT2D eigenvalue weighted by Crippen LogP contribution is 2.45. The summed E-state index contributed by atoms with van der Waals surface area (Å²) in [4.78, 5) is 2.40. The van der Waals surface area contributed by atoms with Crippen LogP contribution in [0.1, 0.15) is 0 Å². The monoisotopic (exact) mass is 688 g/mol. The molecule has 54 heavy (non-hydrogen) atoms. The van der Waals surface area contributed by atoms with Gasteiger partial charge in [-0.1, -0.05) is 164 Å². The molecule has 254 valence electrons. The first-order valence-corrected chi connectivity index (χ1v) is 18.5. The van der Waals surface area contributed by atoms with Gasteiger partial charge in [-0.05, 0) is 93.2 Å². The SMILES string of the molecule is c1ccc(-c2ccc(N(c3ccc(-c4ccccc4)cc3)c3ccccc3-c3cccc4c3c3ccccc3n4-c3ccc4ccccc4c3)cc2)cc1. The first-order valence-electron chi connectivity index (χ1n) is 18.5. The molecule has 0 saturated carbocycles. The molecule has 0 bridgehead atoms. The van der Waals surface area contributed by atoms with E-state index in [0.717, 1.165) is 22.7 Å². The number of aromatic nitrogens is 1. The maximum atomic E-state index is 2.42. The lowest BCUT2D eigenvalue weighted by Gasteiger charge is -2.28. The van der Waals surface area contributed by atoms with Gasteiger partial charge in [-0.2, -0.15) is 0 Å². The van der Waals surface area contributed by atoms with E-state index in [-0.39, 0.29) is 0 Å². The topological polar surface area (TPSA) is 8.17 Å². The Labute approximate surface area is 315 Å². The van der Waals surface area contributed by atoms with Crippen molar-refractivity contribution in [1.29, 1.82) is 0 Å². The van der Waals surface area contributed by atoms with Crippen LogP contribution in [0.2, 0.25) is 0 Å². The van der Waals surface area contributed by atoms with Gasteiger partial charge in [-0.3, -0.25) is 0 Å². The molecule has 1 aromatic heterocycles. The van der Waals surface area contributed by atoms with E-state index in [1.807, 2.05) is 0 Å². The number of fused-ring (bicyclic) bond motifs is 4. The Balaban J connectivity index is 1.17. The van der Waals surface area contributed by atoms with Crippen molar-refractivity contribution in [2.75, 3.05) is 4.90 Å². The van der Waals surface area contributed by atoms with Gasteiger partial charge in [-0.15, -0.1) is 0 Å². The molecular weight excluding hydrogens is 653 g/mol. The summed E-state index contributed by atoms with van der Waals surface area (Å²) in [6, 6.07) is 78.9. The van der Waals surface area contributed by atoms with Crippen molar-refractivity contribution in [3.8, 4) is 39.1 Å². The van der Waals surface area contributed by atoms with E-state index in [0.29, 0.717) is 0 Å². The minimum atomic E-state index is 1.10. The molecule has 2 heteroatoms. The van der Waals surface area contributed by atoms with Crippen molar-refractivity contribution in [3.63, 3.8) is 0 Å². The molecule has 2 nitrogen and oxygen atoms in total. The summed E-state index contributed by atoms with van der Waals surface area (Å²) in [6.07, 6.45) is 0. The van der Waals surface area contributed by atoms with Crippen molar-refractivity contribution in [1.82, 2.24) is 4.57 Å². The molecule has 0 aliphatic heterocycles. The average molecular weight is 689 g/mol. The Hall–Kier alpha value is -7.16. The zero-order valence-corrected chi connectivity index (χ0v) is 29.7. The number of anilines is 3.